The van der Waals surface area contributed by atoms with E-state index in [1.165, 1.54) is 6.08 Å². The van der Waals surface area contributed by atoms with Crippen LogP contribution in [-0.4, -0.2) is 18.5 Å². The summed E-state index contributed by atoms with van der Waals surface area (Å²) in [4.78, 5) is 10.9. The molecule has 0 amide bonds. The molecule has 0 aromatic carbocycles. The van der Waals surface area contributed by atoms with E-state index in [2.05, 4.69) is 18.2 Å². The summed E-state index contributed by atoms with van der Waals surface area (Å²) in [5.74, 6) is 2.10. The SMILES string of the molecule is C#CCOC(C)C(=O)C=C=C. The van der Waals surface area contributed by atoms with Gasteiger partial charge in [-0.2, -0.15) is 0 Å². The Morgan fingerprint density at radius 3 is 3.00 bits per heavy atom. The molecule has 1 atom stereocenters. The summed E-state index contributed by atoms with van der Waals surface area (Å²) < 4.78 is 4.92. The minimum absolute atomic E-state index is 0.151. The van der Waals surface area contributed by atoms with Crippen molar-refractivity contribution >= 4 is 5.78 Å². The van der Waals surface area contributed by atoms with E-state index < -0.39 is 6.10 Å². The van der Waals surface area contributed by atoms with Crippen molar-refractivity contribution in [2.24, 2.45) is 0 Å². The monoisotopic (exact) mass is 150 g/mol. The fraction of sp³-hybridized carbons (Fsp3) is 0.333. The minimum Gasteiger partial charge on any atom is -0.358 e. The van der Waals surface area contributed by atoms with Crippen LogP contribution in [0.4, 0.5) is 0 Å². The van der Waals surface area contributed by atoms with Gasteiger partial charge in [-0.3, -0.25) is 4.79 Å². The van der Waals surface area contributed by atoms with E-state index in [0.717, 1.165) is 0 Å². The van der Waals surface area contributed by atoms with E-state index in [4.69, 9.17) is 11.2 Å². The van der Waals surface area contributed by atoms with Gasteiger partial charge in [0.15, 0.2) is 5.78 Å². The first-order valence-electron chi connectivity index (χ1n) is 3.17. The van der Waals surface area contributed by atoms with Crippen LogP contribution in [0.15, 0.2) is 18.4 Å². The standard InChI is InChI=1S/C9H10O2/c1-4-6-9(10)8(3)11-7-5-2/h2,6,8H,1,7H2,3H3. The van der Waals surface area contributed by atoms with E-state index in [1.807, 2.05) is 0 Å². The highest BCUT2D eigenvalue weighted by Crippen LogP contribution is 1.92. The first-order valence-corrected chi connectivity index (χ1v) is 3.17. The summed E-state index contributed by atoms with van der Waals surface area (Å²) in [7, 11) is 0. The van der Waals surface area contributed by atoms with E-state index in [1.54, 1.807) is 6.92 Å². The number of rotatable bonds is 4. The highest BCUT2D eigenvalue weighted by molar-refractivity contribution is 5.92. The molecule has 0 aromatic rings. The molecule has 0 aliphatic rings. The van der Waals surface area contributed by atoms with Gasteiger partial charge in [-0.15, -0.1) is 12.2 Å². The number of hydrogen-bond donors (Lipinski definition) is 0. The predicted molar refractivity (Wildman–Crippen MR) is 43.0 cm³/mol. The van der Waals surface area contributed by atoms with Gasteiger partial charge < -0.3 is 4.74 Å². The molecule has 2 nitrogen and oxygen atoms in total. The molecule has 0 aliphatic heterocycles. The molecule has 0 saturated heterocycles. The Labute approximate surface area is 66.6 Å². The molecule has 2 heteroatoms. The van der Waals surface area contributed by atoms with E-state index >= 15 is 0 Å². The lowest BCUT2D eigenvalue weighted by molar-refractivity contribution is -0.123. The van der Waals surface area contributed by atoms with Gasteiger partial charge in [-0.05, 0) is 6.92 Å². The van der Waals surface area contributed by atoms with Crippen LogP contribution in [0.25, 0.3) is 0 Å². The van der Waals surface area contributed by atoms with Crippen molar-refractivity contribution in [3.05, 3.63) is 18.4 Å². The van der Waals surface area contributed by atoms with Crippen molar-refractivity contribution in [3.8, 4) is 12.3 Å². The lowest BCUT2D eigenvalue weighted by Crippen LogP contribution is -2.18. The maximum atomic E-state index is 10.9. The number of hydrogen-bond acceptors (Lipinski definition) is 2. The largest absolute Gasteiger partial charge is 0.358 e. The topological polar surface area (TPSA) is 26.3 Å². The quantitative estimate of drug-likeness (QED) is 0.338. The van der Waals surface area contributed by atoms with E-state index in [0.29, 0.717) is 0 Å². The Bertz CT molecular complexity index is 216. The van der Waals surface area contributed by atoms with Gasteiger partial charge >= 0.3 is 0 Å². The third kappa shape index (κ3) is 4.16. The minimum atomic E-state index is -0.500. The van der Waals surface area contributed by atoms with Crippen LogP contribution in [-0.2, 0) is 9.53 Å². The first kappa shape index (κ1) is 9.71. The second kappa shape index (κ2) is 5.49. The van der Waals surface area contributed by atoms with Crippen molar-refractivity contribution in [2.75, 3.05) is 6.61 Å². The van der Waals surface area contributed by atoms with Crippen LogP contribution < -0.4 is 0 Å². The Hall–Kier alpha value is -1.29. The smallest absolute Gasteiger partial charge is 0.191 e. The van der Waals surface area contributed by atoms with Crippen LogP contribution in [0.2, 0.25) is 0 Å². The van der Waals surface area contributed by atoms with Crippen LogP contribution in [0, 0.1) is 12.3 Å². The Morgan fingerprint density at radius 2 is 2.55 bits per heavy atom. The van der Waals surface area contributed by atoms with E-state index in [-0.39, 0.29) is 12.4 Å². The Kier molecular flexibility index (Phi) is 4.85. The molecule has 0 N–H and O–H groups in total. The van der Waals surface area contributed by atoms with Crippen molar-refractivity contribution in [2.45, 2.75) is 13.0 Å². The van der Waals surface area contributed by atoms with Crippen LogP contribution in [0.3, 0.4) is 0 Å². The average Bonchev–Trinajstić information content (AvgIpc) is 2.00. The molecule has 0 bridgehead atoms. The summed E-state index contributed by atoms with van der Waals surface area (Å²) in [5, 5.41) is 0. The molecular formula is C9H10O2. The van der Waals surface area contributed by atoms with Gasteiger partial charge in [-0.1, -0.05) is 12.5 Å². The summed E-state index contributed by atoms with van der Waals surface area (Å²) in [6.07, 6.45) is 5.66. The first-order chi connectivity index (χ1) is 5.22. The van der Waals surface area contributed by atoms with Crippen LogP contribution in [0.1, 0.15) is 6.92 Å². The second-order valence-corrected chi connectivity index (χ2v) is 1.91. The lowest BCUT2D eigenvalue weighted by Gasteiger charge is -2.04. The molecular weight excluding hydrogens is 140 g/mol. The average molecular weight is 150 g/mol. The van der Waals surface area contributed by atoms with Gasteiger partial charge in [0, 0.05) is 6.08 Å². The Balaban J connectivity index is 3.84. The van der Waals surface area contributed by atoms with Gasteiger partial charge in [-0.25, -0.2) is 0 Å². The highest BCUT2D eigenvalue weighted by Gasteiger charge is 2.07. The van der Waals surface area contributed by atoms with Gasteiger partial charge in [0.05, 0.1) is 0 Å². The summed E-state index contributed by atoms with van der Waals surface area (Å²) in [5.41, 5.74) is 2.37. The van der Waals surface area contributed by atoms with Crippen molar-refractivity contribution < 1.29 is 9.53 Å². The fourth-order valence-electron chi connectivity index (χ4n) is 0.473. The summed E-state index contributed by atoms with van der Waals surface area (Å²) in [6, 6.07) is 0. The van der Waals surface area contributed by atoms with Gasteiger partial charge in [0.25, 0.3) is 0 Å². The zero-order chi connectivity index (χ0) is 8.69. The molecule has 0 saturated carbocycles. The molecule has 0 rings (SSSR count). The lowest BCUT2D eigenvalue weighted by atomic mass is 10.2. The number of ether oxygens (including phenoxy) is 1. The van der Waals surface area contributed by atoms with Gasteiger partial charge in [0.2, 0.25) is 0 Å². The third-order valence-corrected chi connectivity index (χ3v) is 1.06. The highest BCUT2D eigenvalue weighted by atomic mass is 16.5. The summed E-state index contributed by atoms with van der Waals surface area (Å²) >= 11 is 0. The van der Waals surface area contributed by atoms with Crippen molar-refractivity contribution in [1.29, 1.82) is 0 Å². The molecule has 0 radical (unpaired) electrons. The number of ketones is 1. The predicted octanol–water partition coefficient (Wildman–Crippen LogP) is 0.935. The zero-order valence-corrected chi connectivity index (χ0v) is 6.46. The van der Waals surface area contributed by atoms with Crippen LogP contribution >= 0.6 is 0 Å². The number of carbonyl (C=O) groups excluding carboxylic acids is 1. The number of carbonyl (C=O) groups is 1. The maximum absolute atomic E-state index is 10.9. The van der Waals surface area contributed by atoms with Crippen LogP contribution in [0.5, 0.6) is 0 Å². The molecule has 58 valence electrons. The van der Waals surface area contributed by atoms with Crippen molar-refractivity contribution in [1.82, 2.24) is 0 Å². The van der Waals surface area contributed by atoms with E-state index in [9.17, 15) is 4.79 Å². The summed E-state index contributed by atoms with van der Waals surface area (Å²) in [6.45, 7) is 5.05. The second-order valence-electron chi connectivity index (χ2n) is 1.91. The molecule has 0 aromatic heterocycles. The molecule has 0 heterocycles. The normalized spacial score (nSPS) is 10.9. The Morgan fingerprint density at radius 1 is 1.91 bits per heavy atom. The molecule has 1 unspecified atom stereocenters. The maximum Gasteiger partial charge on any atom is 0.191 e. The third-order valence-electron chi connectivity index (χ3n) is 1.06. The van der Waals surface area contributed by atoms with Crippen molar-refractivity contribution in [3.63, 3.8) is 0 Å². The molecule has 0 aliphatic carbocycles. The number of terminal acetylenes is 1. The molecule has 0 fully saturated rings. The fourth-order valence-corrected chi connectivity index (χ4v) is 0.473. The van der Waals surface area contributed by atoms with Gasteiger partial charge in [0.1, 0.15) is 12.7 Å². The molecule has 11 heavy (non-hydrogen) atoms. The zero-order valence-electron chi connectivity index (χ0n) is 6.46. The molecule has 0 spiro atoms.